The summed E-state index contributed by atoms with van der Waals surface area (Å²) < 4.78 is 5.90. The van der Waals surface area contributed by atoms with Crippen LogP contribution in [0.15, 0.2) is 30.3 Å². The zero-order valence-corrected chi connectivity index (χ0v) is 16.7. The highest BCUT2D eigenvalue weighted by molar-refractivity contribution is 5.90. The predicted octanol–water partition coefficient (Wildman–Crippen LogP) is 3.79. The second-order valence-corrected chi connectivity index (χ2v) is 7.86. The van der Waals surface area contributed by atoms with Crippen LogP contribution >= 0.6 is 0 Å². The van der Waals surface area contributed by atoms with Gasteiger partial charge in [0.25, 0.3) is 0 Å². The average Bonchev–Trinajstić information content (AvgIpc) is 2.75. The number of carbonyl (C=O) groups excluding carboxylic acids is 2. The monoisotopic (exact) mass is 387 g/mol. The number of likely N-dealkylation sites (tertiary alicyclic amines) is 1. The van der Waals surface area contributed by atoms with E-state index in [-0.39, 0.29) is 17.9 Å². The van der Waals surface area contributed by atoms with Gasteiger partial charge in [0.1, 0.15) is 0 Å². The Labute approximate surface area is 168 Å². The van der Waals surface area contributed by atoms with Crippen LogP contribution in [-0.2, 0) is 9.53 Å². The molecule has 1 aliphatic carbocycles. The number of para-hydroxylation sites is 1. The van der Waals surface area contributed by atoms with Crippen molar-refractivity contribution in [3.8, 4) is 0 Å². The van der Waals surface area contributed by atoms with Crippen molar-refractivity contribution in [2.24, 2.45) is 5.92 Å². The van der Waals surface area contributed by atoms with E-state index in [1.165, 1.54) is 32.1 Å². The highest BCUT2D eigenvalue weighted by atomic mass is 16.5. The molecule has 3 rings (SSSR count). The third kappa shape index (κ3) is 6.51. The largest absolute Gasteiger partial charge is 0.378 e. The minimum Gasteiger partial charge on any atom is -0.378 e. The maximum Gasteiger partial charge on any atom is 0.321 e. The lowest BCUT2D eigenvalue weighted by Gasteiger charge is -2.32. The van der Waals surface area contributed by atoms with Gasteiger partial charge in [-0.3, -0.25) is 4.79 Å². The predicted molar refractivity (Wildman–Crippen MR) is 110 cm³/mol. The molecule has 3 amide bonds. The van der Waals surface area contributed by atoms with E-state index in [4.69, 9.17) is 4.74 Å². The van der Waals surface area contributed by atoms with Crippen molar-refractivity contribution in [3.63, 3.8) is 0 Å². The van der Waals surface area contributed by atoms with Crippen molar-refractivity contribution in [2.75, 3.05) is 31.6 Å². The lowest BCUT2D eigenvalue weighted by atomic mass is 9.97. The number of rotatable bonds is 7. The summed E-state index contributed by atoms with van der Waals surface area (Å²) in [7, 11) is 0. The van der Waals surface area contributed by atoms with Crippen LogP contribution in [0.5, 0.6) is 0 Å². The zero-order chi connectivity index (χ0) is 19.6. The van der Waals surface area contributed by atoms with Crippen molar-refractivity contribution in [1.29, 1.82) is 0 Å². The summed E-state index contributed by atoms with van der Waals surface area (Å²) in [5, 5.41) is 5.92. The number of benzene rings is 1. The second-order valence-electron chi connectivity index (χ2n) is 7.86. The summed E-state index contributed by atoms with van der Waals surface area (Å²) in [6.07, 6.45) is 9.18. The Morgan fingerprint density at radius 2 is 1.82 bits per heavy atom. The van der Waals surface area contributed by atoms with Gasteiger partial charge in [0.05, 0.1) is 12.0 Å². The maximum atomic E-state index is 12.5. The van der Waals surface area contributed by atoms with Gasteiger partial charge >= 0.3 is 6.03 Å². The normalized spacial score (nSPS) is 20.6. The SMILES string of the molecule is O=C(NCCCOC1CCCCC1)[C@H]1CCCN(C(=O)Nc2ccccc2)C1. The first kappa shape index (κ1) is 20.6. The number of piperidine rings is 1. The van der Waals surface area contributed by atoms with Gasteiger partial charge in [-0.25, -0.2) is 4.79 Å². The fourth-order valence-electron chi connectivity index (χ4n) is 4.01. The van der Waals surface area contributed by atoms with Gasteiger partial charge in [-0.15, -0.1) is 0 Å². The zero-order valence-electron chi connectivity index (χ0n) is 16.7. The summed E-state index contributed by atoms with van der Waals surface area (Å²) >= 11 is 0. The minimum absolute atomic E-state index is 0.0508. The Morgan fingerprint density at radius 3 is 2.61 bits per heavy atom. The van der Waals surface area contributed by atoms with E-state index in [0.29, 0.717) is 32.3 Å². The summed E-state index contributed by atoms with van der Waals surface area (Å²) in [5.74, 6) is -0.0792. The molecule has 0 aromatic heterocycles. The summed E-state index contributed by atoms with van der Waals surface area (Å²) in [5.41, 5.74) is 0.775. The lowest BCUT2D eigenvalue weighted by Crippen LogP contribution is -2.47. The van der Waals surface area contributed by atoms with Crippen LogP contribution in [0.4, 0.5) is 10.5 Å². The number of nitrogens with zero attached hydrogens (tertiary/aromatic N) is 1. The quantitative estimate of drug-likeness (QED) is 0.700. The van der Waals surface area contributed by atoms with Gasteiger partial charge < -0.3 is 20.3 Å². The highest BCUT2D eigenvalue weighted by Crippen LogP contribution is 2.20. The Balaban J connectivity index is 1.33. The molecule has 1 saturated carbocycles. The van der Waals surface area contributed by atoms with Crippen LogP contribution in [-0.4, -0.2) is 49.2 Å². The molecule has 1 aromatic rings. The Morgan fingerprint density at radius 1 is 1.04 bits per heavy atom. The number of hydrogen-bond acceptors (Lipinski definition) is 3. The molecule has 0 unspecified atom stereocenters. The molecular weight excluding hydrogens is 354 g/mol. The molecule has 6 nitrogen and oxygen atoms in total. The fraction of sp³-hybridized carbons (Fsp3) is 0.636. The van der Waals surface area contributed by atoms with Gasteiger partial charge in [-0.1, -0.05) is 37.5 Å². The number of hydrogen-bond donors (Lipinski definition) is 2. The van der Waals surface area contributed by atoms with E-state index in [9.17, 15) is 9.59 Å². The molecule has 28 heavy (non-hydrogen) atoms. The first-order chi connectivity index (χ1) is 13.7. The molecule has 1 atom stereocenters. The molecule has 2 fully saturated rings. The first-order valence-corrected chi connectivity index (χ1v) is 10.7. The topological polar surface area (TPSA) is 70.7 Å². The van der Waals surface area contributed by atoms with Gasteiger partial charge in [-0.2, -0.15) is 0 Å². The van der Waals surface area contributed by atoms with E-state index < -0.39 is 0 Å². The van der Waals surface area contributed by atoms with Gasteiger partial charge in [-0.05, 0) is 44.2 Å². The Kier molecular flexibility index (Phi) is 8.15. The highest BCUT2D eigenvalue weighted by Gasteiger charge is 2.28. The van der Waals surface area contributed by atoms with Gasteiger partial charge in [0.15, 0.2) is 0 Å². The molecule has 2 N–H and O–H groups in total. The fourth-order valence-corrected chi connectivity index (χ4v) is 4.01. The Bertz CT molecular complexity index is 617. The smallest absolute Gasteiger partial charge is 0.321 e. The Hall–Kier alpha value is -2.08. The van der Waals surface area contributed by atoms with E-state index >= 15 is 0 Å². The molecule has 1 saturated heterocycles. The molecule has 1 aliphatic heterocycles. The van der Waals surface area contributed by atoms with Crippen molar-refractivity contribution in [3.05, 3.63) is 30.3 Å². The summed E-state index contributed by atoms with van der Waals surface area (Å²) in [4.78, 5) is 26.7. The number of ether oxygens (including phenoxy) is 1. The number of urea groups is 1. The third-order valence-electron chi connectivity index (χ3n) is 5.63. The molecular formula is C22H33N3O3. The van der Waals surface area contributed by atoms with E-state index in [1.54, 1.807) is 4.90 Å². The van der Waals surface area contributed by atoms with Crippen molar-refractivity contribution in [1.82, 2.24) is 10.2 Å². The van der Waals surface area contributed by atoms with Gasteiger partial charge in [0, 0.05) is 31.9 Å². The number of anilines is 1. The third-order valence-corrected chi connectivity index (χ3v) is 5.63. The molecule has 0 bridgehead atoms. The maximum absolute atomic E-state index is 12.5. The van der Waals surface area contributed by atoms with E-state index in [1.807, 2.05) is 30.3 Å². The van der Waals surface area contributed by atoms with Crippen LogP contribution in [0, 0.1) is 5.92 Å². The standard InChI is InChI=1S/C22H33N3O3/c26-21(23-14-8-16-28-20-12-5-2-6-13-20)18-9-7-15-25(17-18)22(27)24-19-10-3-1-4-11-19/h1,3-4,10-11,18,20H,2,5-9,12-17H2,(H,23,26)(H,24,27)/t18-/m0/s1. The van der Waals surface area contributed by atoms with E-state index in [0.717, 1.165) is 24.9 Å². The molecule has 1 heterocycles. The molecule has 0 radical (unpaired) electrons. The summed E-state index contributed by atoms with van der Waals surface area (Å²) in [6.45, 7) is 2.51. The number of nitrogens with one attached hydrogen (secondary N) is 2. The van der Waals surface area contributed by atoms with Crippen molar-refractivity contribution < 1.29 is 14.3 Å². The first-order valence-electron chi connectivity index (χ1n) is 10.7. The van der Waals surface area contributed by atoms with Crippen molar-refractivity contribution in [2.45, 2.75) is 57.5 Å². The van der Waals surface area contributed by atoms with Crippen LogP contribution < -0.4 is 10.6 Å². The number of carbonyl (C=O) groups is 2. The van der Waals surface area contributed by atoms with Crippen LogP contribution in [0.3, 0.4) is 0 Å². The van der Waals surface area contributed by atoms with E-state index in [2.05, 4.69) is 10.6 Å². The van der Waals surface area contributed by atoms with Crippen LogP contribution in [0.2, 0.25) is 0 Å². The molecule has 2 aliphatic rings. The second kappa shape index (κ2) is 11.1. The molecule has 6 heteroatoms. The molecule has 0 spiro atoms. The van der Waals surface area contributed by atoms with Crippen molar-refractivity contribution >= 4 is 17.6 Å². The molecule has 1 aromatic carbocycles. The van der Waals surface area contributed by atoms with Crippen LogP contribution in [0.25, 0.3) is 0 Å². The average molecular weight is 388 g/mol. The summed E-state index contributed by atoms with van der Waals surface area (Å²) in [6, 6.07) is 9.28. The number of amides is 3. The lowest BCUT2D eigenvalue weighted by molar-refractivity contribution is -0.126. The minimum atomic E-state index is -0.135. The van der Waals surface area contributed by atoms with Crippen LogP contribution in [0.1, 0.15) is 51.4 Å². The molecule has 154 valence electrons. The van der Waals surface area contributed by atoms with Gasteiger partial charge in [0.2, 0.25) is 5.91 Å².